The Labute approximate surface area is 184 Å². The van der Waals surface area contributed by atoms with Gasteiger partial charge in [-0.3, -0.25) is 10.1 Å². The van der Waals surface area contributed by atoms with Gasteiger partial charge in [-0.15, -0.1) is 0 Å². The van der Waals surface area contributed by atoms with Gasteiger partial charge in [0, 0.05) is 45.1 Å². The van der Waals surface area contributed by atoms with Crippen molar-refractivity contribution in [1.82, 2.24) is 4.72 Å². The average Bonchev–Trinajstić information content (AvgIpc) is 2.72. The Morgan fingerprint density at radius 3 is 2.26 bits per heavy atom. The van der Waals surface area contributed by atoms with E-state index in [4.69, 9.17) is 18.0 Å². The molecule has 2 N–H and O–H groups in total. The molecule has 1 aromatic rings. The van der Waals surface area contributed by atoms with E-state index < -0.39 is 40.4 Å². The van der Waals surface area contributed by atoms with Gasteiger partial charge in [0.1, 0.15) is 0 Å². The highest BCUT2D eigenvalue weighted by Gasteiger charge is 2.39. The van der Waals surface area contributed by atoms with Crippen LogP contribution < -0.4 is 4.72 Å². The molecule has 0 saturated carbocycles. The molecular formula is C18H32N2O9SSi. The first kappa shape index (κ1) is 27.6. The maximum Gasteiger partial charge on any atom is 0.501 e. The fourth-order valence-corrected chi connectivity index (χ4v) is 6.61. The molecule has 0 saturated heterocycles. The number of rotatable bonds is 17. The van der Waals surface area contributed by atoms with E-state index in [1.165, 1.54) is 12.1 Å². The molecule has 0 spiro atoms. The van der Waals surface area contributed by atoms with E-state index in [-0.39, 0.29) is 13.2 Å². The summed E-state index contributed by atoms with van der Waals surface area (Å²) in [6.07, 6.45) is -0.536. The number of benzene rings is 1. The average molecular weight is 481 g/mol. The quantitative estimate of drug-likeness (QED) is 0.147. The number of aliphatic hydroxyl groups excluding tert-OH is 1. The number of hydrogen-bond acceptors (Lipinski definition) is 9. The molecule has 1 rings (SSSR count). The Hall–Kier alpha value is -1.45. The lowest BCUT2D eigenvalue weighted by Gasteiger charge is -2.28. The van der Waals surface area contributed by atoms with Crippen LogP contribution in [-0.2, 0) is 28.0 Å². The van der Waals surface area contributed by atoms with Gasteiger partial charge < -0.3 is 23.1 Å². The second-order valence-electron chi connectivity index (χ2n) is 6.39. The van der Waals surface area contributed by atoms with Gasteiger partial charge in [0.15, 0.2) is 4.90 Å². The van der Waals surface area contributed by atoms with Crippen molar-refractivity contribution < 1.29 is 36.5 Å². The summed E-state index contributed by atoms with van der Waals surface area (Å²) >= 11 is 0. The molecule has 0 radical (unpaired) electrons. The molecule has 0 aliphatic carbocycles. The second-order valence-corrected chi connectivity index (χ2v) is 10.9. The normalized spacial score (nSPS) is 13.3. The summed E-state index contributed by atoms with van der Waals surface area (Å²) in [5.74, 6) is 0. The molecular weight excluding hydrogens is 448 g/mol. The van der Waals surface area contributed by atoms with Crippen LogP contribution in [0.15, 0.2) is 29.2 Å². The molecule has 178 valence electrons. The first-order valence-electron chi connectivity index (χ1n) is 10.1. The van der Waals surface area contributed by atoms with Gasteiger partial charge in [-0.2, -0.15) is 0 Å². The number of hydrogen-bond donors (Lipinski definition) is 2. The molecule has 13 heteroatoms. The van der Waals surface area contributed by atoms with Gasteiger partial charge in [-0.05, 0) is 33.3 Å². The number of nitro groups is 1. The van der Waals surface area contributed by atoms with Crippen LogP contribution >= 0.6 is 0 Å². The predicted molar refractivity (Wildman–Crippen MR) is 115 cm³/mol. The SMILES string of the molecule is CCO[Si](CCCOCC(O)CNS(=O)(=O)c1ccccc1[N+](=O)[O-])(OCC)OCC. The Morgan fingerprint density at radius 2 is 1.71 bits per heavy atom. The minimum atomic E-state index is -4.16. The van der Waals surface area contributed by atoms with E-state index in [0.29, 0.717) is 38.9 Å². The number of ether oxygens (including phenoxy) is 1. The maximum absolute atomic E-state index is 12.3. The molecule has 0 amide bonds. The third-order valence-corrected chi connectivity index (χ3v) is 8.66. The fourth-order valence-electron chi connectivity index (χ4n) is 2.79. The van der Waals surface area contributed by atoms with E-state index in [1.807, 2.05) is 20.8 Å². The summed E-state index contributed by atoms with van der Waals surface area (Å²) < 4.78 is 49.5. The van der Waals surface area contributed by atoms with E-state index in [9.17, 15) is 23.6 Å². The van der Waals surface area contributed by atoms with Gasteiger partial charge in [-0.25, -0.2) is 13.1 Å². The Morgan fingerprint density at radius 1 is 1.13 bits per heavy atom. The predicted octanol–water partition coefficient (Wildman–Crippen LogP) is 1.69. The van der Waals surface area contributed by atoms with Crippen molar-refractivity contribution in [2.24, 2.45) is 0 Å². The van der Waals surface area contributed by atoms with Crippen molar-refractivity contribution in [3.63, 3.8) is 0 Å². The lowest BCUT2D eigenvalue weighted by molar-refractivity contribution is -0.387. The van der Waals surface area contributed by atoms with Crippen molar-refractivity contribution in [3.05, 3.63) is 34.4 Å². The summed E-state index contributed by atoms with van der Waals surface area (Å²) in [5, 5.41) is 21.0. The zero-order valence-electron chi connectivity index (χ0n) is 18.1. The van der Waals surface area contributed by atoms with Gasteiger partial charge in [0.05, 0.1) is 17.6 Å². The van der Waals surface area contributed by atoms with Crippen LogP contribution in [-0.4, -0.2) is 72.9 Å². The van der Waals surface area contributed by atoms with E-state index >= 15 is 0 Å². The second kappa shape index (κ2) is 13.9. The molecule has 1 atom stereocenters. The van der Waals surface area contributed by atoms with Crippen molar-refractivity contribution >= 4 is 24.5 Å². The molecule has 0 aliphatic heterocycles. The minimum Gasteiger partial charge on any atom is -0.389 e. The summed E-state index contributed by atoms with van der Waals surface area (Å²) in [6.45, 7) is 6.90. The van der Waals surface area contributed by atoms with E-state index in [1.54, 1.807) is 0 Å². The number of para-hydroxylation sites is 1. The number of nitrogens with zero attached hydrogens (tertiary/aromatic N) is 1. The first-order chi connectivity index (χ1) is 14.7. The van der Waals surface area contributed by atoms with E-state index in [0.717, 1.165) is 12.1 Å². The first-order valence-corrected chi connectivity index (χ1v) is 13.5. The number of nitro benzene ring substituents is 1. The van der Waals surface area contributed by atoms with Gasteiger partial charge in [0.25, 0.3) is 5.69 Å². The zero-order valence-corrected chi connectivity index (χ0v) is 19.9. The van der Waals surface area contributed by atoms with Crippen molar-refractivity contribution in [3.8, 4) is 0 Å². The number of aliphatic hydroxyl groups is 1. The largest absolute Gasteiger partial charge is 0.501 e. The standard InChI is InChI=1S/C18H32N2O9SSi/c1-4-27-31(28-5-2,29-6-3)13-9-12-26-15-16(21)14-19-30(24,25)18-11-8-7-10-17(18)20(22)23/h7-8,10-11,16,19,21H,4-6,9,12-15H2,1-3H3. The van der Waals surface area contributed by atoms with Crippen LogP contribution in [0.3, 0.4) is 0 Å². The Bertz CT molecular complexity index is 762. The highest BCUT2D eigenvalue weighted by atomic mass is 32.2. The summed E-state index contributed by atoms with van der Waals surface area (Å²) in [6, 6.07) is 5.55. The highest BCUT2D eigenvalue weighted by molar-refractivity contribution is 7.89. The van der Waals surface area contributed by atoms with Crippen LogP contribution in [0.5, 0.6) is 0 Å². The molecule has 11 nitrogen and oxygen atoms in total. The summed E-state index contributed by atoms with van der Waals surface area (Å²) in [4.78, 5) is 9.79. The molecule has 31 heavy (non-hydrogen) atoms. The molecule has 0 bridgehead atoms. The highest BCUT2D eigenvalue weighted by Crippen LogP contribution is 2.22. The summed E-state index contributed by atoms with van der Waals surface area (Å²) in [7, 11) is -6.91. The third kappa shape index (κ3) is 9.29. The smallest absolute Gasteiger partial charge is 0.389 e. The minimum absolute atomic E-state index is 0.105. The van der Waals surface area contributed by atoms with E-state index in [2.05, 4.69) is 4.72 Å². The van der Waals surface area contributed by atoms with Crippen molar-refractivity contribution in [2.45, 2.75) is 44.2 Å². The number of nitrogens with one attached hydrogen (secondary N) is 1. The molecule has 0 aromatic heterocycles. The van der Waals surface area contributed by atoms with Crippen LogP contribution in [0.25, 0.3) is 0 Å². The van der Waals surface area contributed by atoms with Crippen molar-refractivity contribution in [2.75, 3.05) is 39.6 Å². The molecule has 0 fully saturated rings. The monoisotopic (exact) mass is 480 g/mol. The molecule has 0 heterocycles. The summed E-state index contributed by atoms with van der Waals surface area (Å²) in [5.41, 5.74) is -0.536. The van der Waals surface area contributed by atoms with Gasteiger partial charge in [0.2, 0.25) is 10.0 Å². The van der Waals surface area contributed by atoms with Crippen molar-refractivity contribution in [1.29, 1.82) is 0 Å². The topological polar surface area (TPSA) is 146 Å². The lowest BCUT2D eigenvalue weighted by Crippen LogP contribution is -2.46. The van der Waals surface area contributed by atoms with Crippen LogP contribution in [0.1, 0.15) is 27.2 Å². The Balaban J connectivity index is 2.47. The van der Waals surface area contributed by atoms with Gasteiger partial charge >= 0.3 is 8.80 Å². The lowest BCUT2D eigenvalue weighted by atomic mass is 10.3. The number of sulfonamides is 1. The Kier molecular flexibility index (Phi) is 12.3. The fraction of sp³-hybridized carbons (Fsp3) is 0.667. The third-order valence-electron chi connectivity index (χ3n) is 4.04. The molecule has 0 aliphatic rings. The molecule has 1 aromatic carbocycles. The maximum atomic E-state index is 12.3. The van der Waals surface area contributed by atoms with Crippen LogP contribution in [0.2, 0.25) is 6.04 Å². The van der Waals surface area contributed by atoms with Gasteiger partial charge in [-0.1, -0.05) is 12.1 Å². The van der Waals surface area contributed by atoms with Crippen LogP contribution in [0.4, 0.5) is 5.69 Å². The molecule has 1 unspecified atom stereocenters. The van der Waals surface area contributed by atoms with Crippen LogP contribution in [0, 0.1) is 10.1 Å². The zero-order chi connectivity index (χ0) is 23.3.